The number of benzene rings is 1. The number of carbonyl (C=O) groups is 2. The number of amides is 1. The molecule has 1 aliphatic carbocycles. The Morgan fingerprint density at radius 2 is 2.17 bits per heavy atom. The molecule has 5 nitrogen and oxygen atoms in total. The molecule has 0 aromatic heterocycles. The predicted molar refractivity (Wildman–Crippen MR) is 67.3 cm³/mol. The number of phenolic OH excluding ortho intramolecular Hbond substituents is 1. The topological polar surface area (TPSA) is 75.6 Å². The van der Waals surface area contributed by atoms with Crippen molar-refractivity contribution in [1.82, 2.24) is 5.32 Å². The van der Waals surface area contributed by atoms with Gasteiger partial charge in [-0.1, -0.05) is 15.9 Å². The van der Waals surface area contributed by atoms with Crippen LogP contribution in [0, 0.1) is 0 Å². The fourth-order valence-electron chi connectivity index (χ4n) is 1.38. The second kappa shape index (κ2) is 5.39. The molecular weight excluding hydrogens is 302 g/mol. The van der Waals surface area contributed by atoms with Gasteiger partial charge < -0.3 is 15.2 Å². The lowest BCUT2D eigenvalue weighted by atomic mass is 10.2. The molecule has 0 unspecified atom stereocenters. The Morgan fingerprint density at radius 1 is 1.44 bits per heavy atom. The summed E-state index contributed by atoms with van der Waals surface area (Å²) < 4.78 is 5.47. The average molecular weight is 314 g/mol. The summed E-state index contributed by atoms with van der Waals surface area (Å²) in [6, 6.07) is 4.66. The molecule has 0 atom stereocenters. The highest BCUT2D eigenvalue weighted by Crippen LogP contribution is 2.22. The molecule has 18 heavy (non-hydrogen) atoms. The zero-order valence-corrected chi connectivity index (χ0v) is 11.1. The van der Waals surface area contributed by atoms with Gasteiger partial charge in [0.05, 0.1) is 0 Å². The number of aromatic hydroxyl groups is 1. The van der Waals surface area contributed by atoms with Crippen LogP contribution >= 0.6 is 15.9 Å². The predicted octanol–water partition coefficient (Wildman–Crippen LogP) is 1.59. The molecule has 6 heteroatoms. The van der Waals surface area contributed by atoms with Crippen LogP contribution in [0.5, 0.6) is 5.75 Å². The normalized spacial score (nSPS) is 14.1. The van der Waals surface area contributed by atoms with Gasteiger partial charge in [0, 0.05) is 10.5 Å². The fraction of sp³-hybridized carbons (Fsp3) is 0.333. The van der Waals surface area contributed by atoms with Gasteiger partial charge in [0.2, 0.25) is 0 Å². The van der Waals surface area contributed by atoms with Crippen LogP contribution < -0.4 is 5.32 Å². The molecule has 96 valence electrons. The van der Waals surface area contributed by atoms with Crippen LogP contribution in [-0.4, -0.2) is 29.6 Å². The molecule has 0 aliphatic heterocycles. The van der Waals surface area contributed by atoms with E-state index in [-0.39, 0.29) is 29.9 Å². The van der Waals surface area contributed by atoms with E-state index in [2.05, 4.69) is 21.2 Å². The van der Waals surface area contributed by atoms with Crippen molar-refractivity contribution in [2.75, 3.05) is 6.61 Å². The Hall–Kier alpha value is -1.56. The van der Waals surface area contributed by atoms with Crippen molar-refractivity contribution in [1.29, 1.82) is 0 Å². The van der Waals surface area contributed by atoms with Gasteiger partial charge in [0.1, 0.15) is 11.3 Å². The third kappa shape index (κ3) is 3.46. The van der Waals surface area contributed by atoms with Gasteiger partial charge in [0.15, 0.2) is 6.61 Å². The molecule has 0 heterocycles. The van der Waals surface area contributed by atoms with Crippen LogP contribution in [0.3, 0.4) is 0 Å². The molecule has 0 saturated heterocycles. The van der Waals surface area contributed by atoms with Crippen molar-refractivity contribution < 1.29 is 19.4 Å². The minimum atomic E-state index is -0.722. The van der Waals surface area contributed by atoms with Crippen LogP contribution in [-0.2, 0) is 9.53 Å². The zero-order chi connectivity index (χ0) is 13.1. The number of nitrogens with one attached hydrogen (secondary N) is 1. The van der Waals surface area contributed by atoms with E-state index in [1.807, 2.05) is 0 Å². The van der Waals surface area contributed by atoms with Crippen molar-refractivity contribution in [2.24, 2.45) is 0 Å². The number of hydrogen-bond acceptors (Lipinski definition) is 4. The fourth-order valence-corrected chi connectivity index (χ4v) is 1.74. The number of phenols is 1. The van der Waals surface area contributed by atoms with Gasteiger partial charge >= 0.3 is 5.97 Å². The molecule has 0 bridgehead atoms. The Bertz CT molecular complexity index is 485. The lowest BCUT2D eigenvalue weighted by Gasteiger charge is -2.07. The molecule has 1 aliphatic rings. The number of esters is 1. The van der Waals surface area contributed by atoms with E-state index in [0.29, 0.717) is 4.47 Å². The van der Waals surface area contributed by atoms with Gasteiger partial charge in [-0.25, -0.2) is 4.79 Å². The number of halogens is 1. The molecular formula is C12H12BrNO4. The van der Waals surface area contributed by atoms with E-state index in [9.17, 15) is 14.7 Å². The lowest BCUT2D eigenvalue weighted by molar-refractivity contribution is -0.124. The van der Waals surface area contributed by atoms with E-state index in [4.69, 9.17) is 4.74 Å². The number of rotatable bonds is 4. The SMILES string of the molecule is O=C(COC(=O)c1cc(Br)ccc1O)NC1CC1. The molecule has 1 aromatic rings. The van der Waals surface area contributed by atoms with Crippen LogP contribution in [0.4, 0.5) is 0 Å². The van der Waals surface area contributed by atoms with Crippen LogP contribution in [0.25, 0.3) is 0 Å². The highest BCUT2D eigenvalue weighted by molar-refractivity contribution is 9.10. The third-order valence-electron chi connectivity index (χ3n) is 2.46. The summed E-state index contributed by atoms with van der Waals surface area (Å²) in [7, 11) is 0. The standard InChI is InChI=1S/C12H12BrNO4/c13-7-1-4-10(15)9(5-7)12(17)18-6-11(16)14-8-2-3-8/h1,4-5,8,15H,2-3,6H2,(H,14,16). The van der Waals surface area contributed by atoms with E-state index in [1.54, 1.807) is 6.07 Å². The largest absolute Gasteiger partial charge is 0.507 e. The Labute approximate surface area is 112 Å². The maximum Gasteiger partial charge on any atom is 0.342 e. The van der Waals surface area contributed by atoms with Gasteiger partial charge in [-0.3, -0.25) is 4.79 Å². The molecule has 0 radical (unpaired) electrons. The van der Waals surface area contributed by atoms with Gasteiger partial charge in [-0.2, -0.15) is 0 Å². The van der Waals surface area contributed by atoms with Crippen LogP contribution in [0.15, 0.2) is 22.7 Å². The van der Waals surface area contributed by atoms with E-state index < -0.39 is 5.97 Å². The maximum absolute atomic E-state index is 11.6. The molecule has 1 saturated carbocycles. The van der Waals surface area contributed by atoms with Crippen molar-refractivity contribution in [3.05, 3.63) is 28.2 Å². The molecule has 2 N–H and O–H groups in total. The first kappa shape index (κ1) is 12.9. The summed E-state index contributed by atoms with van der Waals surface area (Å²) in [4.78, 5) is 23.0. The molecule has 1 fully saturated rings. The van der Waals surface area contributed by atoms with Gasteiger partial charge in [-0.15, -0.1) is 0 Å². The number of ether oxygens (including phenoxy) is 1. The Kier molecular flexibility index (Phi) is 3.86. The first-order valence-electron chi connectivity index (χ1n) is 5.51. The molecule has 1 amide bonds. The Balaban J connectivity index is 1.90. The highest BCUT2D eigenvalue weighted by Gasteiger charge is 2.24. The third-order valence-corrected chi connectivity index (χ3v) is 2.95. The van der Waals surface area contributed by atoms with Crippen LogP contribution in [0.1, 0.15) is 23.2 Å². The van der Waals surface area contributed by atoms with E-state index in [0.717, 1.165) is 12.8 Å². The molecule has 2 rings (SSSR count). The van der Waals surface area contributed by atoms with E-state index >= 15 is 0 Å². The number of hydrogen-bond donors (Lipinski definition) is 2. The van der Waals surface area contributed by atoms with Crippen molar-refractivity contribution in [3.63, 3.8) is 0 Å². The van der Waals surface area contributed by atoms with Gasteiger partial charge in [-0.05, 0) is 31.0 Å². The monoisotopic (exact) mass is 313 g/mol. The summed E-state index contributed by atoms with van der Waals surface area (Å²) in [6.45, 7) is -0.332. The molecule has 0 spiro atoms. The quantitative estimate of drug-likeness (QED) is 0.828. The Morgan fingerprint density at radius 3 is 2.83 bits per heavy atom. The average Bonchev–Trinajstić information content (AvgIpc) is 3.13. The second-order valence-electron chi connectivity index (χ2n) is 4.08. The van der Waals surface area contributed by atoms with Crippen molar-refractivity contribution in [3.8, 4) is 5.75 Å². The minimum Gasteiger partial charge on any atom is -0.507 e. The van der Waals surface area contributed by atoms with Crippen molar-refractivity contribution >= 4 is 27.8 Å². The van der Waals surface area contributed by atoms with Gasteiger partial charge in [0.25, 0.3) is 5.91 Å². The second-order valence-corrected chi connectivity index (χ2v) is 5.00. The lowest BCUT2D eigenvalue weighted by Crippen LogP contribution is -2.30. The first-order valence-corrected chi connectivity index (χ1v) is 6.30. The zero-order valence-electron chi connectivity index (χ0n) is 9.48. The summed E-state index contributed by atoms with van der Waals surface area (Å²) >= 11 is 3.19. The summed E-state index contributed by atoms with van der Waals surface area (Å²) in [6.07, 6.45) is 1.96. The number of carbonyl (C=O) groups excluding carboxylic acids is 2. The first-order chi connectivity index (χ1) is 8.56. The molecule has 1 aromatic carbocycles. The summed E-state index contributed by atoms with van der Waals surface area (Å²) in [5, 5.41) is 12.2. The maximum atomic E-state index is 11.6. The van der Waals surface area contributed by atoms with E-state index in [1.165, 1.54) is 12.1 Å². The highest BCUT2D eigenvalue weighted by atomic mass is 79.9. The van der Waals surface area contributed by atoms with Crippen LogP contribution in [0.2, 0.25) is 0 Å². The smallest absolute Gasteiger partial charge is 0.342 e. The summed E-state index contributed by atoms with van der Waals surface area (Å²) in [5.41, 5.74) is 0.0311. The minimum absolute atomic E-state index is 0.0311. The van der Waals surface area contributed by atoms with Crippen molar-refractivity contribution in [2.45, 2.75) is 18.9 Å². The summed E-state index contributed by atoms with van der Waals surface area (Å²) in [5.74, 6) is -1.22.